The van der Waals surface area contributed by atoms with E-state index in [0.717, 1.165) is 49.6 Å². The third-order valence-electron chi connectivity index (χ3n) is 7.31. The number of aromatic nitrogens is 1. The minimum atomic E-state index is -0.470. The van der Waals surface area contributed by atoms with Crippen molar-refractivity contribution in [3.8, 4) is 0 Å². The molecule has 1 N–H and O–H groups in total. The van der Waals surface area contributed by atoms with Crippen LogP contribution in [-0.4, -0.2) is 71.0 Å². The van der Waals surface area contributed by atoms with Crippen molar-refractivity contribution in [1.29, 1.82) is 0 Å². The topological polar surface area (TPSA) is 77.0 Å². The number of halogens is 1. The van der Waals surface area contributed by atoms with Crippen LogP contribution < -0.4 is 4.90 Å². The van der Waals surface area contributed by atoms with Gasteiger partial charge in [-0.2, -0.15) is 0 Å². The van der Waals surface area contributed by atoms with Crippen LogP contribution in [0.15, 0.2) is 35.8 Å². The lowest BCUT2D eigenvalue weighted by molar-refractivity contribution is -0.133. The lowest BCUT2D eigenvalue weighted by Gasteiger charge is -2.35. The van der Waals surface area contributed by atoms with Gasteiger partial charge in [0.2, 0.25) is 11.8 Å². The van der Waals surface area contributed by atoms with Crippen molar-refractivity contribution in [1.82, 2.24) is 14.8 Å². The molecule has 1 atom stereocenters. The summed E-state index contributed by atoms with van der Waals surface area (Å²) in [5, 5.41) is 13.9. The minimum Gasteiger partial charge on any atom is -0.386 e. The summed E-state index contributed by atoms with van der Waals surface area (Å²) in [6.07, 6.45) is 5.44. The second-order valence-corrected chi connectivity index (χ2v) is 11.0. The zero-order valence-electron chi connectivity index (χ0n) is 20.3. The number of hydrogen-bond donors (Lipinski definition) is 1. The van der Waals surface area contributed by atoms with E-state index in [1.165, 1.54) is 11.3 Å². The summed E-state index contributed by atoms with van der Waals surface area (Å²) in [6, 6.07) is 7.51. The van der Waals surface area contributed by atoms with Crippen LogP contribution in [0.25, 0.3) is 0 Å². The van der Waals surface area contributed by atoms with Crippen LogP contribution in [0.4, 0.5) is 5.69 Å². The number of nitrogens with zero attached hydrogens (tertiary/aromatic N) is 4. The van der Waals surface area contributed by atoms with E-state index in [-0.39, 0.29) is 23.7 Å². The fourth-order valence-corrected chi connectivity index (χ4v) is 6.10. The molecular formula is C26H35ClN4O3S. The highest BCUT2D eigenvalue weighted by molar-refractivity contribution is 7.09. The molecular weight excluding hydrogens is 484 g/mol. The van der Waals surface area contributed by atoms with Crippen LogP contribution in [0.3, 0.4) is 0 Å². The molecule has 2 aromatic rings. The molecule has 9 heteroatoms. The van der Waals surface area contributed by atoms with Gasteiger partial charge in [0.05, 0.1) is 0 Å². The third kappa shape index (κ3) is 6.82. The first-order chi connectivity index (χ1) is 16.9. The molecule has 1 aromatic heterocycles. The Bertz CT molecular complexity index is 973. The van der Waals surface area contributed by atoms with Crippen LogP contribution in [-0.2, 0) is 9.59 Å². The Kier molecular flexibility index (Phi) is 9.16. The van der Waals surface area contributed by atoms with Gasteiger partial charge < -0.3 is 19.8 Å². The van der Waals surface area contributed by atoms with Crippen molar-refractivity contribution in [2.45, 2.75) is 45.1 Å². The number of hydrogen-bond acceptors (Lipinski definition) is 6. The second kappa shape index (κ2) is 12.3. The number of benzene rings is 1. The lowest BCUT2D eigenvalue weighted by Crippen LogP contribution is -2.45. The van der Waals surface area contributed by atoms with E-state index in [4.69, 9.17) is 11.6 Å². The zero-order chi connectivity index (χ0) is 24.8. The quantitative estimate of drug-likeness (QED) is 0.566. The summed E-state index contributed by atoms with van der Waals surface area (Å²) in [7, 11) is 0. The monoisotopic (exact) mass is 518 g/mol. The molecule has 1 aromatic carbocycles. The van der Waals surface area contributed by atoms with Gasteiger partial charge in [-0.15, -0.1) is 11.3 Å². The Labute approximate surface area is 216 Å². The average molecular weight is 519 g/mol. The van der Waals surface area contributed by atoms with Gasteiger partial charge in [0, 0.05) is 54.8 Å². The summed E-state index contributed by atoms with van der Waals surface area (Å²) in [5.74, 6) is 0.377. The number of likely N-dealkylation sites (tertiary alicyclic amines) is 2. The number of aliphatic hydroxyl groups is 1. The molecule has 2 amide bonds. The first kappa shape index (κ1) is 26.1. The first-order valence-electron chi connectivity index (χ1n) is 12.5. The van der Waals surface area contributed by atoms with Crippen molar-refractivity contribution >= 4 is 40.4 Å². The molecule has 4 rings (SSSR count). The van der Waals surface area contributed by atoms with Gasteiger partial charge in [-0.25, -0.2) is 4.98 Å². The number of rotatable bonds is 8. The van der Waals surface area contributed by atoms with Crippen molar-refractivity contribution in [2.24, 2.45) is 11.8 Å². The van der Waals surface area contributed by atoms with Crippen molar-refractivity contribution in [2.75, 3.05) is 44.2 Å². The van der Waals surface area contributed by atoms with Gasteiger partial charge >= 0.3 is 0 Å². The number of thiazole rings is 1. The molecule has 35 heavy (non-hydrogen) atoms. The highest BCUT2D eigenvalue weighted by Gasteiger charge is 2.31. The summed E-state index contributed by atoms with van der Waals surface area (Å²) >= 11 is 7.77. The summed E-state index contributed by atoms with van der Waals surface area (Å²) in [5.41, 5.74) is 0.835. The number of piperidine rings is 2. The van der Waals surface area contributed by atoms with Gasteiger partial charge in [-0.1, -0.05) is 17.7 Å². The molecule has 1 unspecified atom stereocenters. The fraction of sp³-hybridized carbons (Fsp3) is 0.577. The molecule has 2 aliphatic heterocycles. The van der Waals surface area contributed by atoms with Crippen LogP contribution >= 0.6 is 22.9 Å². The lowest BCUT2D eigenvalue weighted by atomic mass is 9.91. The summed E-state index contributed by atoms with van der Waals surface area (Å²) in [6.45, 7) is 6.29. The average Bonchev–Trinajstić information content (AvgIpc) is 3.41. The molecule has 190 valence electrons. The van der Waals surface area contributed by atoms with E-state index in [1.807, 2.05) is 39.4 Å². The molecule has 2 saturated heterocycles. The number of anilines is 1. The number of aliphatic hydroxyl groups excluding tert-OH is 1. The molecule has 0 bridgehead atoms. The maximum atomic E-state index is 13.5. The van der Waals surface area contributed by atoms with Crippen LogP contribution in [0.5, 0.6) is 0 Å². The minimum absolute atomic E-state index is 0.0746. The maximum Gasteiger partial charge on any atom is 0.230 e. The smallest absolute Gasteiger partial charge is 0.230 e. The molecule has 2 fully saturated rings. The SMILES string of the molecule is CC(=O)N1CCC(C(=O)N(CCCN2CCC(C(O)c3nccs3)CC2)c2cccc(Cl)c2)CC1. The van der Waals surface area contributed by atoms with Gasteiger partial charge in [0.1, 0.15) is 11.1 Å². The molecule has 0 saturated carbocycles. The van der Waals surface area contributed by atoms with Crippen LogP contribution in [0.2, 0.25) is 5.02 Å². The zero-order valence-corrected chi connectivity index (χ0v) is 21.9. The molecule has 0 spiro atoms. The molecule has 7 nitrogen and oxygen atoms in total. The van der Waals surface area contributed by atoms with Gasteiger partial charge in [-0.3, -0.25) is 9.59 Å². The Morgan fingerprint density at radius 3 is 2.57 bits per heavy atom. The Balaban J connectivity index is 1.31. The van der Waals surface area contributed by atoms with Gasteiger partial charge in [0.15, 0.2) is 0 Å². The van der Waals surface area contributed by atoms with E-state index < -0.39 is 6.10 Å². The van der Waals surface area contributed by atoms with Crippen LogP contribution in [0, 0.1) is 11.8 Å². The Morgan fingerprint density at radius 2 is 1.94 bits per heavy atom. The van der Waals surface area contributed by atoms with Crippen LogP contribution in [0.1, 0.15) is 50.1 Å². The van der Waals surface area contributed by atoms with E-state index in [9.17, 15) is 14.7 Å². The highest BCUT2D eigenvalue weighted by Crippen LogP contribution is 2.32. The standard InChI is InChI=1S/C26H35ClN4O3S/c1-19(32)30-15-8-21(9-16-30)26(34)31(23-5-2-4-22(27)18-23)12-3-11-29-13-6-20(7-14-29)24(33)25-28-10-17-35-25/h2,4-5,10,17-18,20-21,24,33H,3,6-9,11-16H2,1H3. The molecule has 0 radical (unpaired) electrons. The maximum absolute atomic E-state index is 13.5. The Hall–Kier alpha value is -2.00. The number of carbonyl (C=O) groups is 2. The first-order valence-corrected chi connectivity index (χ1v) is 13.8. The van der Waals surface area contributed by atoms with E-state index in [1.54, 1.807) is 13.1 Å². The molecule has 0 aliphatic carbocycles. The predicted octanol–water partition coefficient (Wildman–Crippen LogP) is 4.22. The van der Waals surface area contributed by atoms with Crippen molar-refractivity contribution in [3.05, 3.63) is 45.9 Å². The predicted molar refractivity (Wildman–Crippen MR) is 140 cm³/mol. The molecule has 3 heterocycles. The Morgan fingerprint density at radius 1 is 1.20 bits per heavy atom. The highest BCUT2D eigenvalue weighted by atomic mass is 35.5. The fourth-order valence-electron chi connectivity index (χ4n) is 5.20. The van der Waals surface area contributed by atoms with Gasteiger partial charge in [-0.05, 0) is 75.9 Å². The van der Waals surface area contributed by atoms with E-state index >= 15 is 0 Å². The molecule has 2 aliphatic rings. The summed E-state index contributed by atoms with van der Waals surface area (Å²) < 4.78 is 0. The van der Waals surface area contributed by atoms with E-state index in [0.29, 0.717) is 37.5 Å². The van der Waals surface area contributed by atoms with Gasteiger partial charge in [0.25, 0.3) is 0 Å². The van der Waals surface area contributed by atoms with Crippen molar-refractivity contribution < 1.29 is 14.7 Å². The summed E-state index contributed by atoms with van der Waals surface area (Å²) in [4.78, 5) is 35.6. The van der Waals surface area contributed by atoms with E-state index in [2.05, 4.69) is 9.88 Å². The largest absolute Gasteiger partial charge is 0.386 e. The number of amides is 2. The van der Waals surface area contributed by atoms with Crippen molar-refractivity contribution in [3.63, 3.8) is 0 Å². The normalized spacial score (nSPS) is 19.0. The second-order valence-electron chi connectivity index (χ2n) is 9.60. The third-order valence-corrected chi connectivity index (χ3v) is 8.40. The number of carbonyl (C=O) groups excluding carboxylic acids is 2.